The molecule has 2 heteroatoms. The second-order valence-corrected chi connectivity index (χ2v) is 3.81. The van der Waals surface area contributed by atoms with Crippen LogP contribution >= 0.6 is 0 Å². The summed E-state index contributed by atoms with van der Waals surface area (Å²) in [5.41, 5.74) is 14.0. The number of rotatable bonds is 1. The SMILES string of the molecule is Cc1c(C)c(C)c(CN)c(C)c1C.[Cl-]. The molecular formula is C12H19ClN-. The second-order valence-electron chi connectivity index (χ2n) is 3.81. The predicted octanol–water partition coefficient (Wildman–Crippen LogP) is -0.309. The van der Waals surface area contributed by atoms with Crippen molar-refractivity contribution in [3.8, 4) is 0 Å². The van der Waals surface area contributed by atoms with Gasteiger partial charge in [0.1, 0.15) is 0 Å². The van der Waals surface area contributed by atoms with Crippen molar-refractivity contribution >= 4 is 0 Å². The van der Waals surface area contributed by atoms with E-state index in [0.717, 1.165) is 0 Å². The van der Waals surface area contributed by atoms with Gasteiger partial charge in [0.2, 0.25) is 0 Å². The average Bonchev–Trinajstić information content (AvgIpc) is 2.13. The molecule has 0 unspecified atom stereocenters. The van der Waals surface area contributed by atoms with Crippen LogP contribution in [0.15, 0.2) is 0 Å². The van der Waals surface area contributed by atoms with Gasteiger partial charge in [-0.2, -0.15) is 0 Å². The van der Waals surface area contributed by atoms with Crippen molar-refractivity contribution in [2.45, 2.75) is 41.2 Å². The molecule has 1 rings (SSSR count). The molecule has 0 bridgehead atoms. The maximum Gasteiger partial charge on any atom is 0.0183 e. The zero-order valence-corrected chi connectivity index (χ0v) is 10.4. The standard InChI is InChI=1S/C12H19N.ClH/c1-7-8(2)10(4)12(6-13)11(5)9(7)3;/h6,13H2,1-5H3;1H/p-1. The Kier molecular flexibility index (Phi) is 4.63. The molecule has 0 atom stereocenters. The third kappa shape index (κ3) is 1.94. The maximum absolute atomic E-state index is 5.74. The van der Waals surface area contributed by atoms with E-state index in [1.54, 1.807) is 0 Å². The fraction of sp³-hybridized carbons (Fsp3) is 0.500. The minimum Gasteiger partial charge on any atom is -1.00 e. The Morgan fingerprint density at radius 3 is 1.29 bits per heavy atom. The minimum absolute atomic E-state index is 0. The fourth-order valence-corrected chi connectivity index (χ4v) is 1.88. The molecule has 1 aromatic carbocycles. The van der Waals surface area contributed by atoms with Gasteiger partial charge in [-0.05, 0) is 68.0 Å². The molecule has 0 aliphatic heterocycles. The van der Waals surface area contributed by atoms with Crippen LogP contribution in [0, 0.1) is 34.6 Å². The van der Waals surface area contributed by atoms with Crippen LogP contribution < -0.4 is 18.1 Å². The van der Waals surface area contributed by atoms with E-state index < -0.39 is 0 Å². The molecule has 14 heavy (non-hydrogen) atoms. The molecule has 80 valence electrons. The highest BCUT2D eigenvalue weighted by molar-refractivity contribution is 5.49. The predicted molar refractivity (Wildman–Crippen MR) is 58.0 cm³/mol. The Hall–Kier alpha value is -0.530. The van der Waals surface area contributed by atoms with Gasteiger partial charge in [-0.3, -0.25) is 0 Å². The van der Waals surface area contributed by atoms with Gasteiger partial charge in [-0.1, -0.05) is 0 Å². The first-order valence-corrected chi connectivity index (χ1v) is 4.76. The highest BCUT2D eigenvalue weighted by Gasteiger charge is 2.09. The van der Waals surface area contributed by atoms with E-state index in [2.05, 4.69) is 34.6 Å². The van der Waals surface area contributed by atoms with E-state index in [4.69, 9.17) is 5.73 Å². The van der Waals surface area contributed by atoms with E-state index in [1.165, 1.54) is 33.4 Å². The Morgan fingerprint density at radius 2 is 1.00 bits per heavy atom. The van der Waals surface area contributed by atoms with E-state index in [-0.39, 0.29) is 12.4 Å². The second kappa shape index (κ2) is 4.81. The van der Waals surface area contributed by atoms with E-state index in [1.807, 2.05) is 0 Å². The summed E-state index contributed by atoms with van der Waals surface area (Å²) in [7, 11) is 0. The van der Waals surface area contributed by atoms with Crippen LogP contribution in [0.25, 0.3) is 0 Å². The maximum atomic E-state index is 5.74. The van der Waals surface area contributed by atoms with Crippen molar-refractivity contribution in [3.63, 3.8) is 0 Å². The summed E-state index contributed by atoms with van der Waals surface area (Å²) >= 11 is 0. The molecule has 0 aliphatic rings. The molecule has 0 radical (unpaired) electrons. The highest BCUT2D eigenvalue weighted by Crippen LogP contribution is 2.25. The molecule has 0 aliphatic carbocycles. The number of benzene rings is 1. The highest BCUT2D eigenvalue weighted by atomic mass is 35.5. The van der Waals surface area contributed by atoms with Crippen molar-refractivity contribution in [2.24, 2.45) is 5.73 Å². The normalized spacial score (nSPS) is 9.86. The third-order valence-corrected chi connectivity index (χ3v) is 3.36. The zero-order chi connectivity index (χ0) is 10.2. The van der Waals surface area contributed by atoms with Crippen LogP contribution in [-0.4, -0.2) is 0 Å². The van der Waals surface area contributed by atoms with Gasteiger partial charge in [0.05, 0.1) is 0 Å². The first kappa shape index (κ1) is 13.5. The lowest BCUT2D eigenvalue weighted by Crippen LogP contribution is -3.00. The first-order valence-electron chi connectivity index (χ1n) is 4.76. The summed E-state index contributed by atoms with van der Waals surface area (Å²) in [4.78, 5) is 0. The molecule has 1 aromatic rings. The van der Waals surface area contributed by atoms with Gasteiger partial charge in [0, 0.05) is 6.54 Å². The molecule has 2 N–H and O–H groups in total. The third-order valence-electron chi connectivity index (χ3n) is 3.36. The molecule has 0 fully saturated rings. The van der Waals surface area contributed by atoms with Crippen LogP contribution in [0.4, 0.5) is 0 Å². The largest absolute Gasteiger partial charge is 1.00 e. The number of hydrogen-bond acceptors (Lipinski definition) is 1. The minimum atomic E-state index is 0. The molecule has 0 spiro atoms. The Balaban J connectivity index is 0.00000169. The van der Waals surface area contributed by atoms with Gasteiger partial charge in [-0.25, -0.2) is 0 Å². The Morgan fingerprint density at radius 1 is 0.714 bits per heavy atom. The summed E-state index contributed by atoms with van der Waals surface area (Å²) in [6, 6.07) is 0. The van der Waals surface area contributed by atoms with Gasteiger partial charge >= 0.3 is 0 Å². The van der Waals surface area contributed by atoms with Crippen LogP contribution in [0.2, 0.25) is 0 Å². The van der Waals surface area contributed by atoms with E-state index in [9.17, 15) is 0 Å². The lowest BCUT2D eigenvalue weighted by atomic mass is 9.90. The Bertz CT molecular complexity index is 314. The summed E-state index contributed by atoms with van der Waals surface area (Å²) < 4.78 is 0. The molecule has 1 nitrogen and oxygen atoms in total. The van der Waals surface area contributed by atoms with Gasteiger partial charge in [0.25, 0.3) is 0 Å². The summed E-state index contributed by atoms with van der Waals surface area (Å²) in [6.07, 6.45) is 0. The van der Waals surface area contributed by atoms with Crippen molar-refractivity contribution < 1.29 is 12.4 Å². The molecule has 0 aromatic heterocycles. The van der Waals surface area contributed by atoms with E-state index >= 15 is 0 Å². The number of nitrogens with two attached hydrogens (primary N) is 1. The molecule has 0 saturated heterocycles. The van der Waals surface area contributed by atoms with Gasteiger partial charge in [-0.15, -0.1) is 0 Å². The summed E-state index contributed by atoms with van der Waals surface area (Å²) in [5, 5.41) is 0. The molecule has 0 heterocycles. The van der Waals surface area contributed by atoms with Crippen LogP contribution in [0.1, 0.15) is 33.4 Å². The quantitative estimate of drug-likeness (QED) is 0.680. The van der Waals surface area contributed by atoms with Crippen molar-refractivity contribution in [3.05, 3.63) is 33.4 Å². The fourth-order valence-electron chi connectivity index (χ4n) is 1.88. The summed E-state index contributed by atoms with van der Waals surface area (Å²) in [5.74, 6) is 0. The van der Waals surface area contributed by atoms with Crippen molar-refractivity contribution in [2.75, 3.05) is 0 Å². The van der Waals surface area contributed by atoms with Gasteiger partial charge < -0.3 is 18.1 Å². The smallest absolute Gasteiger partial charge is 0.0183 e. The molecule has 0 amide bonds. The molecular weight excluding hydrogens is 194 g/mol. The topological polar surface area (TPSA) is 26.0 Å². The first-order chi connectivity index (χ1) is 6.00. The van der Waals surface area contributed by atoms with Crippen LogP contribution in [0.3, 0.4) is 0 Å². The number of hydrogen-bond donors (Lipinski definition) is 1. The van der Waals surface area contributed by atoms with Crippen LogP contribution in [-0.2, 0) is 6.54 Å². The van der Waals surface area contributed by atoms with Crippen molar-refractivity contribution in [1.29, 1.82) is 0 Å². The lowest BCUT2D eigenvalue weighted by molar-refractivity contribution is -0.00000311. The van der Waals surface area contributed by atoms with Crippen LogP contribution in [0.5, 0.6) is 0 Å². The Labute approximate surface area is 93.1 Å². The average molecular weight is 213 g/mol. The van der Waals surface area contributed by atoms with Gasteiger partial charge in [0.15, 0.2) is 0 Å². The molecule has 0 saturated carbocycles. The lowest BCUT2D eigenvalue weighted by Gasteiger charge is -2.17. The number of halogens is 1. The monoisotopic (exact) mass is 212 g/mol. The van der Waals surface area contributed by atoms with Crippen molar-refractivity contribution in [1.82, 2.24) is 0 Å². The summed E-state index contributed by atoms with van der Waals surface area (Å²) in [6.45, 7) is 11.5. The zero-order valence-electron chi connectivity index (χ0n) is 9.66. The van der Waals surface area contributed by atoms with E-state index in [0.29, 0.717) is 6.54 Å².